The molecule has 2 aromatic rings. The van der Waals surface area contributed by atoms with E-state index in [2.05, 4.69) is 11.1 Å². The third-order valence-electron chi connectivity index (χ3n) is 5.73. The van der Waals surface area contributed by atoms with Gasteiger partial charge in [0, 0.05) is 26.2 Å². The van der Waals surface area contributed by atoms with E-state index in [0.717, 1.165) is 24.8 Å². The van der Waals surface area contributed by atoms with Crippen molar-refractivity contribution in [1.29, 1.82) is 0 Å². The van der Waals surface area contributed by atoms with E-state index in [4.69, 9.17) is 5.73 Å². The van der Waals surface area contributed by atoms with Gasteiger partial charge in [-0.05, 0) is 43.0 Å². The lowest BCUT2D eigenvalue weighted by Crippen LogP contribution is -2.45. The second-order valence-electron chi connectivity index (χ2n) is 7.90. The highest BCUT2D eigenvalue weighted by Gasteiger charge is 2.25. The largest absolute Gasteiger partial charge is 0.508 e. The number of phenols is 1. The molecule has 1 amide bonds. The molecule has 0 fully saturated rings. The highest BCUT2D eigenvalue weighted by atomic mass is 16.3. The zero-order valence-corrected chi connectivity index (χ0v) is 18.6. The van der Waals surface area contributed by atoms with E-state index in [0.29, 0.717) is 19.6 Å². The van der Waals surface area contributed by atoms with Crippen molar-refractivity contribution in [3.05, 3.63) is 56.7 Å². The minimum Gasteiger partial charge on any atom is -0.508 e. The van der Waals surface area contributed by atoms with Crippen molar-refractivity contribution in [3.63, 3.8) is 0 Å². The number of nitrogens with one attached hydrogen (secondary N) is 1. The summed E-state index contributed by atoms with van der Waals surface area (Å²) in [5, 5.41) is 9.46. The molecule has 1 aliphatic heterocycles. The van der Waals surface area contributed by atoms with Crippen LogP contribution < -0.4 is 21.9 Å². The molecule has 0 spiro atoms. The monoisotopic (exact) mass is 441 g/mol. The molecule has 0 saturated carbocycles. The number of carbonyl (C=O) groups excluding carboxylic acids is 1. The zero-order valence-electron chi connectivity index (χ0n) is 18.6. The van der Waals surface area contributed by atoms with Gasteiger partial charge in [-0.2, -0.15) is 0 Å². The lowest BCUT2D eigenvalue weighted by molar-refractivity contribution is -0.119. The quantitative estimate of drug-likeness (QED) is 0.573. The third-order valence-corrected chi connectivity index (χ3v) is 5.73. The molecule has 1 aromatic heterocycles. The Morgan fingerprint density at radius 2 is 1.94 bits per heavy atom. The number of phenolic OH excluding ortho intramolecular Hbond substituents is 1. The van der Waals surface area contributed by atoms with Crippen LogP contribution in [0.1, 0.15) is 38.7 Å². The molecule has 9 heteroatoms. The van der Waals surface area contributed by atoms with Gasteiger partial charge in [-0.1, -0.05) is 31.6 Å². The Bertz CT molecular complexity index is 1100. The van der Waals surface area contributed by atoms with Crippen LogP contribution in [0.15, 0.2) is 39.9 Å². The van der Waals surface area contributed by atoms with E-state index < -0.39 is 11.2 Å². The van der Waals surface area contributed by atoms with Crippen molar-refractivity contribution < 1.29 is 9.90 Å². The molecule has 0 atom stereocenters. The molecule has 0 saturated heterocycles. The number of nitrogens with two attached hydrogens (primary N) is 1. The molecule has 9 nitrogen and oxygen atoms in total. The standard InChI is InChI=1S/C23H31N5O4/c1-3-5-12-28-21(24)20(22(31)25-23(28)32)27(4-2)19(30)15-26-13-10-17(11-14-26)16-6-8-18(29)9-7-16/h6-10,29H,3-5,11-15,24H2,1-2H3,(H,25,31,32). The van der Waals surface area contributed by atoms with Gasteiger partial charge in [0.1, 0.15) is 11.6 Å². The van der Waals surface area contributed by atoms with Crippen LogP contribution in [-0.4, -0.2) is 51.6 Å². The maximum absolute atomic E-state index is 13.1. The van der Waals surface area contributed by atoms with Gasteiger partial charge in [0.25, 0.3) is 5.56 Å². The van der Waals surface area contributed by atoms with Gasteiger partial charge in [0.15, 0.2) is 5.69 Å². The number of amides is 1. The smallest absolute Gasteiger partial charge is 0.330 e. The Kier molecular flexibility index (Phi) is 7.53. The predicted octanol–water partition coefficient (Wildman–Crippen LogP) is 1.77. The minimum absolute atomic E-state index is 0.0237. The number of H-pyrrole nitrogens is 1. The van der Waals surface area contributed by atoms with Crippen LogP contribution in [0.25, 0.3) is 5.57 Å². The first-order valence-electron chi connectivity index (χ1n) is 11.0. The minimum atomic E-state index is -0.649. The lowest BCUT2D eigenvalue weighted by atomic mass is 9.99. The summed E-state index contributed by atoms with van der Waals surface area (Å²) >= 11 is 0. The van der Waals surface area contributed by atoms with E-state index in [1.165, 1.54) is 15.0 Å². The van der Waals surface area contributed by atoms with Crippen molar-refractivity contribution in [2.24, 2.45) is 0 Å². The fourth-order valence-corrected chi connectivity index (χ4v) is 3.90. The Hall–Kier alpha value is -3.33. The topological polar surface area (TPSA) is 125 Å². The highest BCUT2D eigenvalue weighted by Crippen LogP contribution is 2.24. The summed E-state index contributed by atoms with van der Waals surface area (Å²) in [6, 6.07) is 7.08. The molecule has 0 unspecified atom stereocenters. The molecule has 0 bridgehead atoms. The molecule has 0 radical (unpaired) electrons. The number of likely N-dealkylation sites (N-methyl/N-ethyl adjacent to an activating group) is 1. The summed E-state index contributed by atoms with van der Waals surface area (Å²) in [7, 11) is 0. The van der Waals surface area contributed by atoms with Crippen LogP contribution in [0.3, 0.4) is 0 Å². The van der Waals surface area contributed by atoms with Crippen molar-refractivity contribution in [2.75, 3.05) is 36.8 Å². The summed E-state index contributed by atoms with van der Waals surface area (Å²) in [5.74, 6) is 0.00903. The van der Waals surface area contributed by atoms with Crippen molar-refractivity contribution >= 4 is 23.0 Å². The van der Waals surface area contributed by atoms with Crippen LogP contribution in [0.2, 0.25) is 0 Å². The number of aromatic hydroxyl groups is 1. The van der Waals surface area contributed by atoms with Crippen LogP contribution in [0.5, 0.6) is 5.75 Å². The fraction of sp³-hybridized carbons (Fsp3) is 0.435. The van der Waals surface area contributed by atoms with Gasteiger partial charge in [-0.25, -0.2) is 4.79 Å². The molecule has 2 heterocycles. The fourth-order valence-electron chi connectivity index (χ4n) is 3.90. The number of aromatic amines is 1. The van der Waals surface area contributed by atoms with E-state index in [1.807, 2.05) is 24.0 Å². The number of unbranched alkanes of at least 4 members (excludes halogenated alkanes) is 1. The van der Waals surface area contributed by atoms with E-state index in [9.17, 15) is 19.5 Å². The number of hydrogen-bond donors (Lipinski definition) is 3. The summed E-state index contributed by atoms with van der Waals surface area (Å²) in [5.41, 5.74) is 7.22. The summed E-state index contributed by atoms with van der Waals surface area (Å²) in [6.45, 7) is 5.85. The summed E-state index contributed by atoms with van der Waals surface area (Å²) in [4.78, 5) is 43.4. The van der Waals surface area contributed by atoms with Crippen molar-refractivity contribution in [3.8, 4) is 5.75 Å². The highest BCUT2D eigenvalue weighted by molar-refractivity contribution is 5.96. The van der Waals surface area contributed by atoms with Crippen LogP contribution in [0, 0.1) is 0 Å². The first kappa shape index (κ1) is 23.3. The Morgan fingerprint density at radius 1 is 1.22 bits per heavy atom. The SMILES string of the molecule is CCCCn1c(N)c(N(CC)C(=O)CN2CC=C(c3ccc(O)cc3)CC2)c(=O)[nH]c1=O. The maximum Gasteiger partial charge on any atom is 0.330 e. The van der Waals surface area contributed by atoms with Crippen LogP contribution in [-0.2, 0) is 11.3 Å². The van der Waals surface area contributed by atoms with Gasteiger partial charge < -0.3 is 15.7 Å². The molecule has 0 aliphatic carbocycles. The molecule has 1 aromatic carbocycles. The number of anilines is 2. The van der Waals surface area contributed by atoms with Crippen LogP contribution in [0.4, 0.5) is 11.5 Å². The first-order chi connectivity index (χ1) is 15.3. The Balaban J connectivity index is 1.75. The molecule has 4 N–H and O–H groups in total. The van der Waals surface area contributed by atoms with Gasteiger partial charge >= 0.3 is 5.69 Å². The number of nitrogens with zero attached hydrogens (tertiary/aromatic N) is 3. The Labute approximate surface area is 186 Å². The molecule has 32 heavy (non-hydrogen) atoms. The normalized spacial score (nSPS) is 14.2. The molecular formula is C23H31N5O4. The van der Waals surface area contributed by atoms with Gasteiger partial charge in [0.2, 0.25) is 5.91 Å². The van der Waals surface area contributed by atoms with Crippen molar-refractivity contribution in [2.45, 2.75) is 39.7 Å². The second kappa shape index (κ2) is 10.3. The number of carbonyl (C=O) groups is 1. The number of hydrogen-bond acceptors (Lipinski definition) is 6. The molecule has 3 rings (SSSR count). The zero-order chi connectivity index (χ0) is 23.3. The Morgan fingerprint density at radius 3 is 2.53 bits per heavy atom. The first-order valence-corrected chi connectivity index (χ1v) is 11.0. The molecular weight excluding hydrogens is 410 g/mol. The third kappa shape index (κ3) is 5.11. The summed E-state index contributed by atoms with van der Waals surface area (Å²) in [6.07, 6.45) is 4.45. The number of benzene rings is 1. The second-order valence-corrected chi connectivity index (χ2v) is 7.90. The average Bonchev–Trinajstić information content (AvgIpc) is 2.77. The van der Waals surface area contributed by atoms with E-state index in [-0.39, 0.29) is 36.3 Å². The molecule has 1 aliphatic rings. The number of rotatable bonds is 8. The van der Waals surface area contributed by atoms with E-state index in [1.54, 1.807) is 19.1 Å². The van der Waals surface area contributed by atoms with Gasteiger partial charge in [0.05, 0.1) is 6.54 Å². The number of aromatic nitrogens is 2. The maximum atomic E-state index is 13.1. The van der Waals surface area contributed by atoms with Gasteiger partial charge in [-0.15, -0.1) is 0 Å². The molecule has 172 valence electrons. The van der Waals surface area contributed by atoms with Crippen molar-refractivity contribution in [1.82, 2.24) is 14.5 Å². The lowest BCUT2D eigenvalue weighted by Gasteiger charge is -2.29. The van der Waals surface area contributed by atoms with Gasteiger partial charge in [-0.3, -0.25) is 24.0 Å². The van der Waals surface area contributed by atoms with E-state index >= 15 is 0 Å². The average molecular weight is 442 g/mol. The summed E-state index contributed by atoms with van der Waals surface area (Å²) < 4.78 is 1.32. The van der Waals surface area contributed by atoms with Crippen LogP contribution >= 0.6 is 0 Å². The predicted molar refractivity (Wildman–Crippen MR) is 126 cm³/mol. The number of nitrogen functional groups attached to an aromatic ring is 1.